The minimum atomic E-state index is -3.59. The minimum Gasteiger partial charge on any atom is -0.280 e. The third-order valence-electron chi connectivity index (χ3n) is 3.09. The first-order valence-electron chi connectivity index (χ1n) is 6.42. The molecule has 0 fully saturated rings. The fraction of sp³-hybridized carbons (Fsp3) is 0.357. The Hall–Kier alpha value is -1.82. The third-order valence-corrected chi connectivity index (χ3v) is 4.57. The number of aryl methyl sites for hydroxylation is 2. The highest BCUT2D eigenvalue weighted by molar-refractivity contribution is 7.92. The van der Waals surface area contributed by atoms with Gasteiger partial charge in [-0.2, -0.15) is 5.10 Å². The zero-order valence-electron chi connectivity index (χ0n) is 12.1. The van der Waals surface area contributed by atoms with Crippen molar-refractivity contribution in [3.05, 3.63) is 41.7 Å². The molecule has 0 unspecified atom stereocenters. The van der Waals surface area contributed by atoms with Crippen LogP contribution in [0.25, 0.3) is 0 Å². The summed E-state index contributed by atoms with van der Waals surface area (Å²) in [6, 6.07) is 7.41. The van der Waals surface area contributed by atoms with E-state index in [-0.39, 0.29) is 4.90 Å². The van der Waals surface area contributed by atoms with Crippen LogP contribution < -0.4 is 4.72 Å². The first-order chi connectivity index (χ1) is 9.29. The second kappa shape index (κ2) is 5.28. The van der Waals surface area contributed by atoms with Gasteiger partial charge in [-0.25, -0.2) is 8.42 Å². The van der Waals surface area contributed by atoms with Crippen molar-refractivity contribution in [3.8, 4) is 0 Å². The largest absolute Gasteiger partial charge is 0.280 e. The lowest BCUT2D eigenvalue weighted by molar-refractivity contribution is 0.600. The average Bonchev–Trinajstić information content (AvgIpc) is 2.69. The molecule has 2 aromatic rings. The predicted molar refractivity (Wildman–Crippen MR) is 79.3 cm³/mol. The van der Waals surface area contributed by atoms with Gasteiger partial charge in [-0.1, -0.05) is 26.0 Å². The van der Waals surface area contributed by atoms with Crippen LogP contribution in [0.2, 0.25) is 0 Å². The third kappa shape index (κ3) is 3.01. The lowest BCUT2D eigenvalue weighted by Gasteiger charge is -2.09. The molecule has 5 nitrogen and oxygen atoms in total. The Balaban J connectivity index is 2.26. The van der Waals surface area contributed by atoms with Crippen molar-refractivity contribution in [3.63, 3.8) is 0 Å². The number of nitrogens with zero attached hydrogens (tertiary/aromatic N) is 2. The lowest BCUT2D eigenvalue weighted by atomic mass is 10.0. The Kier molecular flexibility index (Phi) is 3.85. The van der Waals surface area contributed by atoms with Gasteiger partial charge in [-0.15, -0.1) is 0 Å². The zero-order valence-corrected chi connectivity index (χ0v) is 12.9. The Morgan fingerprint density at radius 2 is 1.80 bits per heavy atom. The molecule has 1 aromatic heterocycles. The SMILES string of the molecule is Cc1nn(C)cc1S(=O)(=O)Nc1ccc(C(C)C)cc1. The fourth-order valence-corrected chi connectivity index (χ4v) is 3.27. The molecule has 0 bridgehead atoms. The second-order valence-electron chi connectivity index (χ2n) is 5.13. The van der Waals surface area contributed by atoms with Gasteiger partial charge in [0.1, 0.15) is 4.90 Å². The Morgan fingerprint density at radius 1 is 1.20 bits per heavy atom. The molecule has 1 N–H and O–H groups in total. The lowest BCUT2D eigenvalue weighted by Crippen LogP contribution is -2.13. The van der Waals surface area contributed by atoms with Gasteiger partial charge in [0.25, 0.3) is 10.0 Å². The van der Waals surface area contributed by atoms with Crippen LogP contribution in [-0.2, 0) is 17.1 Å². The van der Waals surface area contributed by atoms with E-state index in [9.17, 15) is 8.42 Å². The minimum absolute atomic E-state index is 0.202. The summed E-state index contributed by atoms with van der Waals surface area (Å²) in [7, 11) is -1.89. The van der Waals surface area contributed by atoms with E-state index >= 15 is 0 Å². The van der Waals surface area contributed by atoms with E-state index in [1.807, 2.05) is 12.1 Å². The van der Waals surface area contributed by atoms with Gasteiger partial charge in [0.05, 0.1) is 5.69 Å². The van der Waals surface area contributed by atoms with Gasteiger partial charge in [0, 0.05) is 18.9 Å². The highest BCUT2D eigenvalue weighted by Crippen LogP contribution is 2.21. The molecule has 0 saturated heterocycles. The molecule has 0 amide bonds. The number of nitrogens with one attached hydrogen (secondary N) is 1. The van der Waals surface area contributed by atoms with E-state index in [0.717, 1.165) is 0 Å². The van der Waals surface area contributed by atoms with Crippen LogP contribution in [0.5, 0.6) is 0 Å². The Labute approximate surface area is 119 Å². The van der Waals surface area contributed by atoms with Crippen molar-refractivity contribution in [2.75, 3.05) is 4.72 Å². The summed E-state index contributed by atoms with van der Waals surface area (Å²) in [5, 5.41) is 4.05. The zero-order chi connectivity index (χ0) is 14.9. The number of hydrogen-bond acceptors (Lipinski definition) is 3. The maximum Gasteiger partial charge on any atom is 0.265 e. The molecule has 2 rings (SSSR count). The van der Waals surface area contributed by atoms with Gasteiger partial charge in [0.2, 0.25) is 0 Å². The summed E-state index contributed by atoms with van der Waals surface area (Å²) in [4.78, 5) is 0.202. The van der Waals surface area contributed by atoms with Crippen molar-refractivity contribution in [1.82, 2.24) is 9.78 Å². The van der Waals surface area contributed by atoms with E-state index in [0.29, 0.717) is 17.3 Å². The van der Waals surface area contributed by atoms with Gasteiger partial charge in [-0.05, 0) is 30.5 Å². The van der Waals surface area contributed by atoms with Crippen LogP contribution in [0, 0.1) is 6.92 Å². The van der Waals surface area contributed by atoms with E-state index in [2.05, 4.69) is 23.7 Å². The number of rotatable bonds is 4. The molecule has 0 aliphatic heterocycles. The number of hydrogen-bond donors (Lipinski definition) is 1. The molecule has 6 heteroatoms. The van der Waals surface area contributed by atoms with E-state index < -0.39 is 10.0 Å². The first-order valence-corrected chi connectivity index (χ1v) is 7.91. The van der Waals surface area contributed by atoms with Crippen molar-refractivity contribution in [1.29, 1.82) is 0 Å². The number of sulfonamides is 1. The predicted octanol–water partition coefficient (Wildman–Crippen LogP) is 2.65. The molecule has 0 saturated carbocycles. The molecular weight excluding hydrogens is 274 g/mol. The summed E-state index contributed by atoms with van der Waals surface area (Å²) in [6.45, 7) is 5.87. The summed E-state index contributed by atoms with van der Waals surface area (Å²) < 4.78 is 28.6. The molecular formula is C14H19N3O2S. The summed E-state index contributed by atoms with van der Waals surface area (Å²) in [5.74, 6) is 0.418. The standard InChI is InChI=1S/C14H19N3O2S/c1-10(2)12-5-7-13(8-6-12)16-20(18,19)14-9-17(4)15-11(14)3/h5-10,16H,1-4H3. The van der Waals surface area contributed by atoms with Crippen LogP contribution in [-0.4, -0.2) is 18.2 Å². The van der Waals surface area contributed by atoms with Crippen LogP contribution in [0.15, 0.2) is 35.4 Å². The van der Waals surface area contributed by atoms with E-state index in [4.69, 9.17) is 0 Å². The number of anilines is 1. The van der Waals surface area contributed by atoms with Crippen LogP contribution in [0.4, 0.5) is 5.69 Å². The molecule has 0 aliphatic rings. The number of benzene rings is 1. The summed E-state index contributed by atoms with van der Waals surface area (Å²) >= 11 is 0. The van der Waals surface area contributed by atoms with Crippen LogP contribution >= 0.6 is 0 Å². The number of aromatic nitrogens is 2. The van der Waals surface area contributed by atoms with Crippen molar-refractivity contribution >= 4 is 15.7 Å². The molecule has 0 aliphatic carbocycles. The second-order valence-corrected chi connectivity index (χ2v) is 6.79. The molecule has 20 heavy (non-hydrogen) atoms. The maximum absolute atomic E-state index is 12.3. The van der Waals surface area contributed by atoms with E-state index in [1.165, 1.54) is 16.4 Å². The normalized spacial score (nSPS) is 11.8. The quantitative estimate of drug-likeness (QED) is 0.942. The molecule has 0 spiro atoms. The molecule has 0 atom stereocenters. The van der Waals surface area contributed by atoms with Crippen molar-refractivity contribution < 1.29 is 8.42 Å². The summed E-state index contributed by atoms with van der Waals surface area (Å²) in [6.07, 6.45) is 1.50. The van der Waals surface area contributed by atoms with Gasteiger partial charge < -0.3 is 0 Å². The molecule has 108 valence electrons. The van der Waals surface area contributed by atoms with Crippen molar-refractivity contribution in [2.24, 2.45) is 7.05 Å². The highest BCUT2D eigenvalue weighted by atomic mass is 32.2. The monoisotopic (exact) mass is 293 g/mol. The van der Waals surface area contributed by atoms with Crippen LogP contribution in [0.1, 0.15) is 31.0 Å². The molecule has 1 heterocycles. The Bertz CT molecular complexity index is 701. The van der Waals surface area contributed by atoms with E-state index in [1.54, 1.807) is 26.1 Å². The molecule has 0 radical (unpaired) electrons. The highest BCUT2D eigenvalue weighted by Gasteiger charge is 2.19. The van der Waals surface area contributed by atoms with Gasteiger partial charge in [0.15, 0.2) is 0 Å². The molecule has 1 aromatic carbocycles. The topological polar surface area (TPSA) is 64.0 Å². The fourth-order valence-electron chi connectivity index (χ4n) is 1.99. The van der Waals surface area contributed by atoms with Gasteiger partial charge in [-0.3, -0.25) is 9.40 Å². The average molecular weight is 293 g/mol. The van der Waals surface area contributed by atoms with Crippen LogP contribution in [0.3, 0.4) is 0 Å². The first kappa shape index (κ1) is 14.6. The van der Waals surface area contributed by atoms with Crippen molar-refractivity contribution in [2.45, 2.75) is 31.6 Å². The Morgan fingerprint density at radius 3 is 2.25 bits per heavy atom. The smallest absolute Gasteiger partial charge is 0.265 e. The maximum atomic E-state index is 12.3. The summed E-state index contributed by atoms with van der Waals surface area (Å²) in [5.41, 5.74) is 2.21. The van der Waals surface area contributed by atoms with Gasteiger partial charge >= 0.3 is 0 Å².